The first kappa shape index (κ1) is 48.0. The molecule has 0 unspecified atom stereocenters. The first-order valence-corrected chi connectivity index (χ1v) is 19.7. The number of phenolic OH excluding ortho intramolecular Hbond substituents is 1. The molecule has 2 rings (SSSR count). The van der Waals surface area contributed by atoms with Gasteiger partial charge in [-0.3, -0.25) is 29.2 Å². The fourth-order valence-electron chi connectivity index (χ4n) is 6.59. The number of hydrogen-bond acceptors (Lipinski definition) is 10. The van der Waals surface area contributed by atoms with Crippen molar-refractivity contribution in [1.82, 2.24) is 26.2 Å². The van der Waals surface area contributed by atoms with E-state index < -0.39 is 65.8 Å². The maximum atomic E-state index is 14.1. The summed E-state index contributed by atoms with van der Waals surface area (Å²) in [6.07, 6.45) is 3.35. The molecular weight excluding hydrogens is 736 g/mol. The van der Waals surface area contributed by atoms with Crippen LogP contribution in [0.2, 0.25) is 0 Å². The summed E-state index contributed by atoms with van der Waals surface area (Å²) in [4.78, 5) is 76.2. The molecule has 0 spiro atoms. The van der Waals surface area contributed by atoms with Gasteiger partial charge in [0.05, 0.1) is 12.1 Å². The van der Waals surface area contributed by atoms with Crippen LogP contribution < -0.4 is 49.9 Å². The van der Waals surface area contributed by atoms with E-state index in [0.29, 0.717) is 38.5 Å². The summed E-state index contributed by atoms with van der Waals surface area (Å²) in [5.41, 5.74) is 28.6. The predicted octanol–water partition coefficient (Wildman–Crippen LogP) is -1.05. The van der Waals surface area contributed by atoms with Gasteiger partial charge in [-0.25, -0.2) is 4.79 Å². The van der Waals surface area contributed by atoms with Gasteiger partial charge in [0, 0.05) is 32.2 Å². The lowest BCUT2D eigenvalue weighted by atomic mass is 9.96. The molecule has 1 aromatic rings. The van der Waals surface area contributed by atoms with E-state index in [1.54, 1.807) is 12.1 Å². The van der Waals surface area contributed by atoms with Crippen LogP contribution in [0.25, 0.3) is 0 Å². The number of nitrogens with zero attached hydrogens (tertiary/aromatic N) is 3. The summed E-state index contributed by atoms with van der Waals surface area (Å²) < 4.78 is 0. The van der Waals surface area contributed by atoms with Gasteiger partial charge in [0.15, 0.2) is 11.9 Å². The van der Waals surface area contributed by atoms with Gasteiger partial charge in [0.25, 0.3) is 0 Å². The molecule has 1 fully saturated rings. The highest BCUT2D eigenvalue weighted by Crippen LogP contribution is 2.21. The van der Waals surface area contributed by atoms with Gasteiger partial charge in [0.2, 0.25) is 23.6 Å². The molecule has 1 aliphatic heterocycles. The summed E-state index contributed by atoms with van der Waals surface area (Å²) in [5, 5.41) is 31.5. The molecule has 4 amide bonds. The summed E-state index contributed by atoms with van der Waals surface area (Å²) in [5.74, 6) is -3.23. The molecule has 320 valence electrons. The Morgan fingerprint density at radius 1 is 0.877 bits per heavy atom. The Balaban J connectivity index is 2.30. The van der Waals surface area contributed by atoms with Gasteiger partial charge in [-0.05, 0) is 80.9 Å². The molecule has 1 heterocycles. The van der Waals surface area contributed by atoms with Crippen molar-refractivity contribution in [3.8, 4) is 5.75 Å². The number of benzene rings is 1. The van der Waals surface area contributed by atoms with Crippen LogP contribution in [-0.4, -0.2) is 119 Å². The van der Waals surface area contributed by atoms with Crippen molar-refractivity contribution in [2.75, 3.05) is 26.2 Å². The van der Waals surface area contributed by atoms with Gasteiger partial charge in [0.1, 0.15) is 23.9 Å². The highest BCUT2D eigenvalue weighted by atomic mass is 16.4. The number of carboxylic acid groups (broad SMARTS) is 1. The summed E-state index contributed by atoms with van der Waals surface area (Å²) in [6, 6.07) is 1.29. The van der Waals surface area contributed by atoms with Crippen LogP contribution in [0.1, 0.15) is 84.6 Å². The smallest absolute Gasteiger partial charge is 0.326 e. The fraction of sp³-hybridized carbons (Fsp3) is 0.658. The zero-order valence-electron chi connectivity index (χ0n) is 33.8. The molecule has 57 heavy (non-hydrogen) atoms. The highest BCUT2D eigenvalue weighted by Gasteiger charge is 2.39. The highest BCUT2D eigenvalue weighted by molar-refractivity contribution is 5.93. The fourth-order valence-corrected chi connectivity index (χ4v) is 6.59. The molecular formula is C38H66N12O7. The van der Waals surface area contributed by atoms with E-state index in [1.807, 2.05) is 27.7 Å². The number of nitrogens with two attached hydrogens (primary N) is 5. The molecule has 1 aliphatic rings. The van der Waals surface area contributed by atoms with Crippen LogP contribution in [0.5, 0.6) is 5.75 Å². The van der Waals surface area contributed by atoms with Crippen LogP contribution in [0.4, 0.5) is 0 Å². The van der Waals surface area contributed by atoms with E-state index >= 15 is 0 Å². The third kappa shape index (κ3) is 17.2. The number of carboxylic acids is 1. The zero-order chi connectivity index (χ0) is 42.7. The van der Waals surface area contributed by atoms with E-state index in [4.69, 9.17) is 28.7 Å². The minimum atomic E-state index is -1.12. The molecule has 1 saturated heterocycles. The zero-order valence-corrected chi connectivity index (χ0v) is 33.8. The Labute approximate surface area is 335 Å². The standard InChI is InChI=1S/C38H66N12O7/c1-5-23(4)31(34(54)49-29(36(56)57)19-22(2)3)46-21-25(20-24-12-14-26(51)15-13-24)47-33(53)30-11-8-18-50(30)35(55)28(10-7-17-45-38(42)43)48-32(52)27(39)9-6-16-44-37(40)41/h12-15,22-23,25,27-31,46,51H,5-11,16-21,39H2,1-4H3,(H,47,53)(H,48,52)(H,49,54)(H,56,57)(H4,40,41,44)(H4,42,43,45)/t23-,25-,27-,28-,29-,30-,31-/m0/s1. The number of aromatic hydroxyl groups is 1. The number of hydrogen-bond donors (Lipinski definition) is 11. The van der Waals surface area contributed by atoms with Gasteiger partial charge in [-0.15, -0.1) is 0 Å². The average molecular weight is 803 g/mol. The second-order valence-corrected chi connectivity index (χ2v) is 15.1. The molecule has 1 aromatic carbocycles. The van der Waals surface area contributed by atoms with E-state index in [2.05, 4.69) is 31.3 Å². The number of nitrogens with one attached hydrogen (secondary N) is 4. The van der Waals surface area contributed by atoms with Crippen molar-refractivity contribution in [2.24, 2.45) is 50.5 Å². The van der Waals surface area contributed by atoms with Crippen LogP contribution >= 0.6 is 0 Å². The second-order valence-electron chi connectivity index (χ2n) is 15.1. The lowest BCUT2D eigenvalue weighted by Gasteiger charge is -2.31. The third-order valence-electron chi connectivity index (χ3n) is 9.87. The Bertz CT molecular complexity index is 1520. The summed E-state index contributed by atoms with van der Waals surface area (Å²) >= 11 is 0. The number of aliphatic carboxylic acids is 1. The van der Waals surface area contributed by atoms with Crippen LogP contribution in [0.15, 0.2) is 34.3 Å². The molecule has 7 atom stereocenters. The summed E-state index contributed by atoms with van der Waals surface area (Å²) in [7, 11) is 0. The van der Waals surface area contributed by atoms with Crippen LogP contribution in [0, 0.1) is 11.8 Å². The van der Waals surface area contributed by atoms with E-state index in [9.17, 15) is 34.2 Å². The Morgan fingerprint density at radius 3 is 2.04 bits per heavy atom. The van der Waals surface area contributed by atoms with Crippen molar-refractivity contribution in [2.45, 2.75) is 122 Å². The molecule has 0 aliphatic carbocycles. The van der Waals surface area contributed by atoms with Gasteiger partial charge >= 0.3 is 5.97 Å². The lowest BCUT2D eigenvalue weighted by Crippen LogP contribution is -2.58. The third-order valence-corrected chi connectivity index (χ3v) is 9.87. The number of carbonyl (C=O) groups is 5. The molecule has 16 N–H and O–H groups in total. The number of carbonyl (C=O) groups excluding carboxylic acids is 4. The topological polar surface area (TPSA) is 332 Å². The number of aliphatic imine (C=N–C) groups is 2. The first-order valence-electron chi connectivity index (χ1n) is 19.7. The van der Waals surface area contributed by atoms with Crippen molar-refractivity contribution in [3.63, 3.8) is 0 Å². The molecule has 0 aromatic heterocycles. The average Bonchev–Trinajstić information content (AvgIpc) is 3.64. The minimum absolute atomic E-state index is 0.0371. The van der Waals surface area contributed by atoms with Crippen LogP contribution in [-0.2, 0) is 30.4 Å². The molecule has 0 bridgehead atoms. The Hall–Kier alpha value is -5.17. The minimum Gasteiger partial charge on any atom is -0.508 e. The Morgan fingerprint density at radius 2 is 1.47 bits per heavy atom. The largest absolute Gasteiger partial charge is 0.508 e. The monoisotopic (exact) mass is 803 g/mol. The van der Waals surface area contributed by atoms with Crippen molar-refractivity contribution in [3.05, 3.63) is 29.8 Å². The van der Waals surface area contributed by atoms with Gasteiger partial charge < -0.3 is 65.0 Å². The summed E-state index contributed by atoms with van der Waals surface area (Å²) in [6.45, 7) is 8.47. The predicted molar refractivity (Wildman–Crippen MR) is 218 cm³/mol. The number of amides is 4. The van der Waals surface area contributed by atoms with Gasteiger partial charge in [-0.2, -0.15) is 0 Å². The SMILES string of the molecule is CC[C@H](C)[C@H](NC[C@H](Cc1ccc(O)cc1)NC(=O)[C@@H]1CCCN1C(=O)[C@H](CCCN=C(N)N)NC(=O)[C@@H](N)CCCN=C(N)N)C(=O)N[C@@H](CC(C)C)C(=O)O. The normalized spacial score (nSPS) is 17.0. The Kier molecular flexibility index (Phi) is 20.6. The van der Waals surface area contributed by atoms with Crippen LogP contribution in [0.3, 0.4) is 0 Å². The maximum absolute atomic E-state index is 14.1. The van der Waals surface area contributed by atoms with Crippen molar-refractivity contribution >= 4 is 41.5 Å². The lowest BCUT2D eigenvalue weighted by molar-refractivity contribution is -0.142. The van der Waals surface area contributed by atoms with Gasteiger partial charge in [-0.1, -0.05) is 46.2 Å². The van der Waals surface area contributed by atoms with E-state index in [-0.39, 0.29) is 74.9 Å². The molecule has 0 radical (unpaired) electrons. The first-order chi connectivity index (χ1) is 26.9. The molecule has 0 saturated carbocycles. The van der Waals surface area contributed by atoms with E-state index in [0.717, 1.165) is 5.56 Å². The van der Waals surface area contributed by atoms with Crippen molar-refractivity contribution in [1.29, 1.82) is 0 Å². The van der Waals surface area contributed by atoms with Crippen molar-refractivity contribution < 1.29 is 34.2 Å². The molecule has 19 heteroatoms. The van der Waals surface area contributed by atoms with E-state index in [1.165, 1.54) is 17.0 Å². The maximum Gasteiger partial charge on any atom is 0.326 e. The second kappa shape index (κ2) is 24.5. The number of phenols is 1. The number of rotatable bonds is 25. The molecule has 19 nitrogen and oxygen atoms in total. The number of guanidine groups is 2. The number of likely N-dealkylation sites (tertiary alicyclic amines) is 1. The quantitative estimate of drug-likeness (QED) is 0.0320.